The summed E-state index contributed by atoms with van der Waals surface area (Å²) in [7, 11) is -2.51. The number of benzene rings is 2. The average molecular weight is 426 g/mol. The molecule has 10 heteroatoms. The van der Waals surface area contributed by atoms with Gasteiger partial charge in [-0.2, -0.15) is 0 Å². The van der Waals surface area contributed by atoms with Gasteiger partial charge in [-0.1, -0.05) is 23.7 Å². The molecule has 0 bridgehead atoms. The Kier molecular flexibility index (Phi) is 6.52. The summed E-state index contributed by atoms with van der Waals surface area (Å²) in [4.78, 5) is 24.3. The van der Waals surface area contributed by atoms with E-state index in [1.165, 1.54) is 44.4 Å². The second-order valence-corrected chi connectivity index (χ2v) is 8.25. The Bertz CT molecular complexity index is 1010. The molecule has 0 spiro atoms. The summed E-state index contributed by atoms with van der Waals surface area (Å²) in [6, 6.07) is 9.42. The molecule has 0 aromatic heterocycles. The van der Waals surface area contributed by atoms with Crippen LogP contribution in [0.2, 0.25) is 5.02 Å². The van der Waals surface area contributed by atoms with Gasteiger partial charge in [0, 0.05) is 5.02 Å². The Morgan fingerprint density at radius 2 is 1.86 bits per heavy atom. The number of nitrogens with one attached hydrogen (secondary N) is 1. The molecule has 0 radical (unpaired) electrons. The Morgan fingerprint density at radius 3 is 2.43 bits per heavy atom. The maximum atomic E-state index is 12.8. The number of primary amides is 1. The lowest BCUT2D eigenvalue weighted by Crippen LogP contribution is -2.45. The van der Waals surface area contributed by atoms with Gasteiger partial charge in [-0.3, -0.25) is 13.9 Å². The lowest BCUT2D eigenvalue weighted by Gasteiger charge is -2.29. The number of anilines is 2. The second kappa shape index (κ2) is 8.49. The number of amides is 2. The maximum Gasteiger partial charge on any atom is 0.250 e. The van der Waals surface area contributed by atoms with E-state index in [2.05, 4.69) is 5.32 Å². The van der Waals surface area contributed by atoms with Gasteiger partial charge < -0.3 is 15.8 Å². The van der Waals surface area contributed by atoms with E-state index in [1.807, 2.05) is 0 Å². The van der Waals surface area contributed by atoms with E-state index in [1.54, 1.807) is 12.1 Å². The monoisotopic (exact) mass is 425 g/mol. The summed E-state index contributed by atoms with van der Waals surface area (Å²) < 4.78 is 31.0. The second-order valence-electron chi connectivity index (χ2n) is 5.95. The van der Waals surface area contributed by atoms with Crippen molar-refractivity contribution in [3.05, 3.63) is 53.1 Å². The van der Waals surface area contributed by atoms with E-state index in [-0.39, 0.29) is 27.7 Å². The molecule has 0 saturated carbocycles. The summed E-state index contributed by atoms with van der Waals surface area (Å²) in [5.41, 5.74) is 5.71. The van der Waals surface area contributed by atoms with E-state index < -0.39 is 27.9 Å². The van der Waals surface area contributed by atoms with Gasteiger partial charge in [-0.25, -0.2) is 8.42 Å². The molecule has 1 atom stereocenters. The average Bonchev–Trinajstić information content (AvgIpc) is 2.61. The van der Waals surface area contributed by atoms with Gasteiger partial charge in [0.05, 0.1) is 30.3 Å². The highest BCUT2D eigenvalue weighted by atomic mass is 35.5. The molecule has 0 fully saturated rings. The molecule has 0 aliphatic rings. The summed E-state index contributed by atoms with van der Waals surface area (Å²) >= 11 is 6.01. The molecule has 28 heavy (non-hydrogen) atoms. The van der Waals surface area contributed by atoms with Crippen molar-refractivity contribution in [1.29, 1.82) is 0 Å². The lowest BCUT2D eigenvalue weighted by molar-refractivity contribution is -0.116. The number of halogens is 1. The smallest absolute Gasteiger partial charge is 0.250 e. The summed E-state index contributed by atoms with van der Waals surface area (Å²) in [6.07, 6.45) is 0.967. The van der Waals surface area contributed by atoms with Gasteiger partial charge >= 0.3 is 0 Å². The minimum Gasteiger partial charge on any atom is -0.495 e. The molecule has 0 unspecified atom stereocenters. The Morgan fingerprint density at radius 1 is 1.21 bits per heavy atom. The van der Waals surface area contributed by atoms with Crippen molar-refractivity contribution in [2.45, 2.75) is 13.0 Å². The predicted octanol–water partition coefficient (Wildman–Crippen LogP) is 2.24. The molecule has 0 aliphatic heterocycles. The quantitative estimate of drug-likeness (QED) is 0.705. The van der Waals surface area contributed by atoms with E-state index in [0.29, 0.717) is 0 Å². The van der Waals surface area contributed by atoms with E-state index in [9.17, 15) is 18.0 Å². The zero-order valence-electron chi connectivity index (χ0n) is 15.5. The third kappa shape index (κ3) is 4.73. The molecule has 2 aromatic rings. The molecule has 0 heterocycles. The number of ether oxygens (including phenoxy) is 1. The van der Waals surface area contributed by atoms with Crippen molar-refractivity contribution in [3.8, 4) is 5.75 Å². The Balaban J connectivity index is 2.45. The van der Waals surface area contributed by atoms with Crippen molar-refractivity contribution in [2.75, 3.05) is 23.0 Å². The highest BCUT2D eigenvalue weighted by molar-refractivity contribution is 7.92. The van der Waals surface area contributed by atoms with Crippen molar-refractivity contribution in [2.24, 2.45) is 5.73 Å². The molecule has 8 nitrogen and oxygen atoms in total. The van der Waals surface area contributed by atoms with Gasteiger partial charge in [0.1, 0.15) is 11.8 Å². The van der Waals surface area contributed by atoms with Gasteiger partial charge in [0.2, 0.25) is 15.9 Å². The first-order valence-electron chi connectivity index (χ1n) is 8.09. The zero-order chi connectivity index (χ0) is 21.1. The van der Waals surface area contributed by atoms with Crippen molar-refractivity contribution in [1.82, 2.24) is 0 Å². The largest absolute Gasteiger partial charge is 0.495 e. The number of nitrogens with two attached hydrogens (primary N) is 1. The Hall–Kier alpha value is -2.78. The number of carbonyl (C=O) groups excluding carboxylic acids is 2. The van der Waals surface area contributed by atoms with Crippen molar-refractivity contribution >= 4 is 44.8 Å². The van der Waals surface area contributed by atoms with Gasteiger partial charge in [0.25, 0.3) is 5.91 Å². The number of methoxy groups -OCH3 is 1. The number of rotatable bonds is 7. The van der Waals surface area contributed by atoms with Crippen LogP contribution in [0.1, 0.15) is 17.3 Å². The van der Waals surface area contributed by atoms with E-state index in [0.717, 1.165) is 10.6 Å². The van der Waals surface area contributed by atoms with E-state index >= 15 is 0 Å². The van der Waals surface area contributed by atoms with Crippen LogP contribution >= 0.6 is 11.6 Å². The number of hydrogen-bond donors (Lipinski definition) is 2. The van der Waals surface area contributed by atoms with Crippen molar-refractivity contribution < 1.29 is 22.7 Å². The van der Waals surface area contributed by atoms with Crippen LogP contribution in [0.15, 0.2) is 42.5 Å². The first-order chi connectivity index (χ1) is 13.1. The van der Waals surface area contributed by atoms with Crippen LogP contribution in [0.3, 0.4) is 0 Å². The number of carbonyl (C=O) groups is 2. The number of hydrogen-bond acceptors (Lipinski definition) is 5. The van der Waals surface area contributed by atoms with Crippen LogP contribution in [0.4, 0.5) is 11.4 Å². The third-order valence-corrected chi connectivity index (χ3v) is 5.38. The summed E-state index contributed by atoms with van der Waals surface area (Å²) in [5.74, 6) is -1.16. The molecule has 0 aliphatic carbocycles. The normalized spacial score (nSPS) is 12.1. The predicted molar refractivity (Wildman–Crippen MR) is 108 cm³/mol. The first kappa shape index (κ1) is 21.5. The molecular weight excluding hydrogens is 406 g/mol. The van der Waals surface area contributed by atoms with Crippen LogP contribution in [0.25, 0.3) is 0 Å². The fourth-order valence-corrected chi connectivity index (χ4v) is 4.00. The lowest BCUT2D eigenvalue weighted by atomic mass is 10.1. The molecule has 2 rings (SSSR count). The summed E-state index contributed by atoms with van der Waals surface area (Å²) in [5, 5.41) is 2.82. The van der Waals surface area contributed by atoms with Gasteiger partial charge in [-0.05, 0) is 37.3 Å². The maximum absolute atomic E-state index is 12.8. The van der Waals surface area contributed by atoms with Crippen LogP contribution in [-0.4, -0.2) is 39.6 Å². The number of sulfonamides is 1. The third-order valence-electron chi connectivity index (χ3n) is 3.92. The van der Waals surface area contributed by atoms with Crippen LogP contribution in [-0.2, 0) is 14.8 Å². The fourth-order valence-electron chi connectivity index (χ4n) is 2.66. The molecule has 2 aromatic carbocycles. The minimum absolute atomic E-state index is 0.106. The molecule has 3 N–H and O–H groups in total. The molecule has 2 amide bonds. The summed E-state index contributed by atoms with van der Waals surface area (Å²) in [6.45, 7) is 1.41. The highest BCUT2D eigenvalue weighted by Crippen LogP contribution is 2.34. The SMILES string of the molecule is COc1ccc(Cl)cc1N([C@H](C)C(=O)Nc1ccccc1C(N)=O)S(C)(=O)=O. The number of para-hydroxylation sites is 1. The Labute approximate surface area is 168 Å². The zero-order valence-corrected chi connectivity index (χ0v) is 17.0. The topological polar surface area (TPSA) is 119 Å². The number of nitrogens with zero attached hydrogens (tertiary/aromatic N) is 1. The van der Waals surface area contributed by atoms with Gasteiger partial charge in [0.15, 0.2) is 0 Å². The molecule has 150 valence electrons. The molecular formula is C18H20ClN3O5S. The van der Waals surface area contributed by atoms with Crippen LogP contribution in [0, 0.1) is 0 Å². The highest BCUT2D eigenvalue weighted by Gasteiger charge is 2.32. The first-order valence-corrected chi connectivity index (χ1v) is 10.3. The van der Waals surface area contributed by atoms with Gasteiger partial charge in [-0.15, -0.1) is 0 Å². The van der Waals surface area contributed by atoms with Crippen molar-refractivity contribution in [3.63, 3.8) is 0 Å². The fraction of sp³-hybridized carbons (Fsp3) is 0.222. The van der Waals surface area contributed by atoms with Crippen LogP contribution in [0.5, 0.6) is 5.75 Å². The van der Waals surface area contributed by atoms with E-state index in [4.69, 9.17) is 22.1 Å². The van der Waals surface area contributed by atoms with Crippen LogP contribution < -0.4 is 20.1 Å². The molecule has 0 saturated heterocycles. The standard InChI is InChI=1S/C18H20ClN3O5S/c1-11(18(24)21-14-7-5-4-6-13(14)17(20)23)22(28(3,25)26)15-10-12(19)8-9-16(15)27-2/h4-11H,1-3H3,(H2,20,23)(H,21,24)/t11-/m1/s1. The minimum atomic E-state index is -3.89.